The largest absolute Gasteiger partial charge is 0.507 e. The van der Waals surface area contributed by atoms with E-state index in [9.17, 15) is 48.9 Å². The van der Waals surface area contributed by atoms with E-state index in [0.29, 0.717) is 55.7 Å². The zero-order chi connectivity index (χ0) is 59.4. The molecule has 5 aliphatic rings. The molecule has 9 unspecified atom stereocenters. The molecule has 9 atom stereocenters. The first kappa shape index (κ1) is 61.1. The van der Waals surface area contributed by atoms with Crippen LogP contribution in [0.2, 0.25) is 0 Å². The topological polar surface area (TPSA) is 282 Å². The third-order valence-electron chi connectivity index (χ3n) is 15.9. The maximum atomic E-state index is 14.9. The average Bonchev–Trinajstić information content (AvgIpc) is 3.11. The summed E-state index contributed by atoms with van der Waals surface area (Å²) in [5.74, 6) is -9.42. The molecule has 3 aromatic carbocycles. The molecule has 3 amide bonds. The summed E-state index contributed by atoms with van der Waals surface area (Å²) in [6, 6.07) is 5.87. The number of Topliss-reactive ketones (excluding diaryl/α,β-unsaturated/α-hetero) is 1. The summed E-state index contributed by atoms with van der Waals surface area (Å²) in [5.41, 5.74) is 0.662. The lowest BCUT2D eigenvalue weighted by molar-refractivity contribution is -0.165. The second-order valence-corrected chi connectivity index (χ2v) is 22.6. The standard InChI is InChI=1S/C60H76N6O15/c1-31(2)27-66-23-21-60(22-24-66)63-47-44-45-51(72)37(8)55-46(44)56(74)59(10,81-55)78-25-20-42(77-12)34(5)54(79-38(9)69)36(7)50(71)35(6)53(32(3)14-13-15-33(4)57(75)62-49(52(45)73)48(47)64-60)80-43(70)28-65(11)58(76)61-41-18-16-39(17-19-41)26-40(29-67)30-68/h13-20,25,29-32,34-36,40,42,50,53-54,63,71-73H,21-24,26-28H2,1-12H3,(H,61,76)/b14-13?,25-20?,33-15-,62-49?. The van der Waals surface area contributed by atoms with E-state index in [0.717, 1.165) is 11.4 Å². The summed E-state index contributed by atoms with van der Waals surface area (Å²) in [4.78, 5) is 105. The van der Waals surface area contributed by atoms with Crippen LogP contribution >= 0.6 is 0 Å². The van der Waals surface area contributed by atoms with Gasteiger partial charge in [-0.05, 0) is 50.0 Å². The van der Waals surface area contributed by atoms with E-state index in [-0.39, 0.29) is 56.0 Å². The molecule has 8 rings (SSSR count). The van der Waals surface area contributed by atoms with Crippen LogP contribution in [0, 0.1) is 42.4 Å². The number of nitrogens with zero attached hydrogens (tertiary/aromatic N) is 4. The average molecular weight is 1120 g/mol. The first-order chi connectivity index (χ1) is 38.3. The number of hydrogen-bond acceptors (Lipinski definition) is 18. The molecule has 5 N–H and O–H groups in total. The number of rotatable bonds is 12. The van der Waals surface area contributed by atoms with E-state index >= 15 is 0 Å². The Hall–Kier alpha value is -7.49. The van der Waals surface area contributed by atoms with Gasteiger partial charge in [0.1, 0.15) is 59.2 Å². The van der Waals surface area contributed by atoms with Gasteiger partial charge in [-0.2, -0.15) is 0 Å². The van der Waals surface area contributed by atoms with Crippen molar-refractivity contribution in [1.82, 2.24) is 9.80 Å². The minimum atomic E-state index is -2.03. The van der Waals surface area contributed by atoms with Crippen molar-refractivity contribution in [3.05, 3.63) is 87.8 Å². The summed E-state index contributed by atoms with van der Waals surface area (Å²) < 4.78 is 30.5. The van der Waals surface area contributed by atoms with Crippen LogP contribution in [0.25, 0.3) is 10.8 Å². The number of piperidine rings is 1. The Morgan fingerprint density at radius 1 is 0.938 bits per heavy atom. The number of ketones is 1. The highest BCUT2D eigenvalue weighted by atomic mass is 16.7. The molecule has 0 radical (unpaired) electrons. The molecule has 81 heavy (non-hydrogen) atoms. The fourth-order valence-electron chi connectivity index (χ4n) is 11.2. The fourth-order valence-corrected chi connectivity index (χ4v) is 11.2. The van der Waals surface area contributed by atoms with Crippen molar-refractivity contribution in [3.63, 3.8) is 0 Å². The second kappa shape index (κ2) is 25.1. The number of phenols is 2. The first-order valence-electron chi connectivity index (χ1n) is 27.4. The fraction of sp³-hybridized carbons (Fsp3) is 0.517. The number of anilines is 2. The molecule has 5 bridgehead atoms. The van der Waals surface area contributed by atoms with Gasteiger partial charge in [-0.3, -0.25) is 24.2 Å². The Kier molecular flexibility index (Phi) is 19.0. The van der Waals surface area contributed by atoms with E-state index in [1.165, 1.54) is 60.3 Å². The van der Waals surface area contributed by atoms with Gasteiger partial charge in [0.15, 0.2) is 5.75 Å². The van der Waals surface area contributed by atoms with Crippen molar-refractivity contribution in [3.8, 4) is 17.2 Å². The first-order valence-corrected chi connectivity index (χ1v) is 27.4. The molecule has 0 aromatic heterocycles. The number of aldehydes is 2. The van der Waals surface area contributed by atoms with E-state index in [1.54, 1.807) is 64.1 Å². The van der Waals surface area contributed by atoms with E-state index < -0.39 is 113 Å². The predicted octanol–water partition coefficient (Wildman–Crippen LogP) is 6.02. The highest BCUT2D eigenvalue weighted by Crippen LogP contribution is 2.51. The number of hydrogen-bond donors (Lipinski definition) is 5. The predicted molar refractivity (Wildman–Crippen MR) is 299 cm³/mol. The van der Waals surface area contributed by atoms with Crippen molar-refractivity contribution >= 4 is 64.4 Å². The number of fused-ring (bicyclic) bond motifs is 13. The number of phenolic OH excluding ortho intramolecular Hbond substituents is 2. The van der Waals surface area contributed by atoms with Crippen LogP contribution < -0.4 is 26.1 Å². The molecule has 5 heterocycles. The van der Waals surface area contributed by atoms with Crippen LogP contribution in [0.15, 0.2) is 70.4 Å². The SMILES string of the molecule is COC1C=COC2(C)Oc3c(C)c(O)c4c(O)c(c5c(c4c3C2=O)NC2(CCN(CC(C)C)CC2)N=5)=NC(=O)/C(C)=C\C=CC(C)C(OC(=O)CN(C)C(=O)Nc2ccc(CC(C=O)C=O)cc2)C(C)C(O)C(C)C(OC(C)=O)C1C. The maximum Gasteiger partial charge on any atom is 0.326 e. The molecule has 0 aliphatic carbocycles. The Balaban J connectivity index is 1.29. The summed E-state index contributed by atoms with van der Waals surface area (Å²) in [6.45, 7) is 18.5. The van der Waals surface area contributed by atoms with Crippen LogP contribution in [0.1, 0.15) is 96.6 Å². The molecular weight excluding hydrogens is 1040 g/mol. The number of likely N-dealkylation sites (N-methyl/N-ethyl adjacent to an activating group) is 1. The van der Waals surface area contributed by atoms with Crippen LogP contribution in [-0.4, -0.2) is 144 Å². The normalized spacial score (nSPS) is 26.4. The quantitative estimate of drug-likeness (QED) is 0.0600. The number of aliphatic hydroxyl groups is 1. The number of aromatic hydroxyl groups is 2. The van der Waals surface area contributed by atoms with Gasteiger partial charge in [-0.15, -0.1) is 0 Å². The monoisotopic (exact) mass is 1120 g/mol. The number of carbonyl (C=O) groups is 7. The van der Waals surface area contributed by atoms with Gasteiger partial charge in [0.25, 0.3) is 11.7 Å². The van der Waals surface area contributed by atoms with Crippen LogP contribution in [0.3, 0.4) is 0 Å². The van der Waals surface area contributed by atoms with Gasteiger partial charge in [-0.25, -0.2) is 9.79 Å². The Bertz CT molecular complexity index is 3160. The zero-order valence-electron chi connectivity index (χ0n) is 48.1. The number of ether oxygens (including phenoxy) is 5. The van der Waals surface area contributed by atoms with Crippen LogP contribution in [0.5, 0.6) is 17.2 Å². The molecule has 436 valence electrons. The molecule has 21 nitrogen and oxygen atoms in total. The lowest BCUT2D eigenvalue weighted by Crippen LogP contribution is -2.48. The zero-order valence-corrected chi connectivity index (χ0v) is 48.1. The molecule has 21 heteroatoms. The molecule has 3 aromatic rings. The molecule has 0 saturated carbocycles. The number of aliphatic hydroxyl groups excluding tert-OH is 1. The lowest BCUT2D eigenvalue weighted by Gasteiger charge is -2.39. The molecule has 1 fully saturated rings. The summed E-state index contributed by atoms with van der Waals surface area (Å²) in [7, 11) is 2.82. The van der Waals surface area contributed by atoms with E-state index in [1.807, 2.05) is 0 Å². The summed E-state index contributed by atoms with van der Waals surface area (Å²) in [6.07, 6.45) is 5.50. The van der Waals surface area contributed by atoms with Crippen molar-refractivity contribution < 1.29 is 72.6 Å². The number of likely N-dealkylation sites (tertiary alicyclic amines) is 1. The van der Waals surface area contributed by atoms with Crippen molar-refractivity contribution in [2.24, 2.45) is 45.5 Å². The third-order valence-corrected chi connectivity index (χ3v) is 15.9. The number of allylic oxidation sites excluding steroid dienone is 2. The number of esters is 2. The number of urea groups is 1. The lowest BCUT2D eigenvalue weighted by atomic mass is 9.78. The number of benzene rings is 3. The van der Waals surface area contributed by atoms with Gasteiger partial charge in [0, 0.05) is 106 Å². The van der Waals surface area contributed by atoms with Gasteiger partial charge >= 0.3 is 23.8 Å². The number of amides is 3. The third kappa shape index (κ3) is 13.0. The molecular formula is C60H76N6O15. The van der Waals surface area contributed by atoms with E-state index in [4.69, 9.17) is 28.7 Å². The van der Waals surface area contributed by atoms with Gasteiger partial charge in [0.05, 0.1) is 41.0 Å². The molecule has 1 saturated heterocycles. The summed E-state index contributed by atoms with van der Waals surface area (Å²) in [5, 5.41) is 42.7. The van der Waals surface area contributed by atoms with Gasteiger partial charge in [0.2, 0.25) is 0 Å². The van der Waals surface area contributed by atoms with E-state index in [2.05, 4.69) is 34.4 Å². The highest BCUT2D eigenvalue weighted by Gasteiger charge is 2.51. The van der Waals surface area contributed by atoms with Crippen LogP contribution in [-0.2, 0) is 49.3 Å². The number of methoxy groups -OCH3 is 1. The molecule has 1 spiro atoms. The number of carbonyl (C=O) groups excluding carboxylic acids is 7. The Labute approximate surface area is 471 Å². The van der Waals surface area contributed by atoms with Crippen molar-refractivity contribution in [2.75, 3.05) is 51.0 Å². The van der Waals surface area contributed by atoms with Crippen molar-refractivity contribution in [1.29, 1.82) is 0 Å². The number of nitrogens with one attached hydrogen (secondary N) is 2. The second-order valence-electron chi connectivity index (χ2n) is 22.6. The van der Waals surface area contributed by atoms with Gasteiger partial charge < -0.3 is 69.0 Å². The Morgan fingerprint density at radius 3 is 2.21 bits per heavy atom. The maximum absolute atomic E-state index is 14.9. The minimum Gasteiger partial charge on any atom is -0.507 e. The van der Waals surface area contributed by atoms with Crippen molar-refractivity contribution in [2.45, 2.75) is 124 Å². The highest BCUT2D eigenvalue weighted by molar-refractivity contribution is 6.21. The smallest absolute Gasteiger partial charge is 0.326 e. The Morgan fingerprint density at radius 2 is 1.59 bits per heavy atom. The van der Waals surface area contributed by atoms with Crippen LogP contribution in [0.4, 0.5) is 16.2 Å². The van der Waals surface area contributed by atoms with Gasteiger partial charge in [-0.1, -0.05) is 71.9 Å². The molecule has 5 aliphatic heterocycles. The minimum absolute atomic E-state index is 0.00943. The summed E-state index contributed by atoms with van der Waals surface area (Å²) >= 11 is 0.